The molecule has 16 heavy (non-hydrogen) atoms. The molecule has 0 aliphatic carbocycles. The molecule has 0 atom stereocenters. The molecule has 2 aromatic rings. The van der Waals surface area contributed by atoms with Crippen LogP contribution in [0.5, 0.6) is 5.75 Å². The number of hydrogen-bond acceptors (Lipinski definition) is 3. The quantitative estimate of drug-likeness (QED) is 0.771. The number of halogens is 2. The fourth-order valence-electron chi connectivity index (χ4n) is 1.39. The van der Waals surface area contributed by atoms with Gasteiger partial charge in [-0.25, -0.2) is 4.39 Å². The fraction of sp³-hybridized carbons (Fsp3) is 0. The summed E-state index contributed by atoms with van der Waals surface area (Å²) in [6, 6.07) is 2.86. The van der Waals surface area contributed by atoms with Gasteiger partial charge in [-0.3, -0.25) is 9.59 Å². The van der Waals surface area contributed by atoms with Gasteiger partial charge in [-0.2, -0.15) is 0 Å². The van der Waals surface area contributed by atoms with Gasteiger partial charge >= 0.3 is 0 Å². The number of aromatic amines is 1. The summed E-state index contributed by atoms with van der Waals surface area (Å²) >= 11 is 3.00. The molecule has 1 aromatic carbocycles. The molecule has 1 heterocycles. The van der Waals surface area contributed by atoms with Crippen molar-refractivity contribution in [1.82, 2.24) is 4.98 Å². The normalized spacial score (nSPS) is 10.6. The summed E-state index contributed by atoms with van der Waals surface area (Å²) in [5.41, 5.74) is -1.38. The Morgan fingerprint density at radius 2 is 1.94 bits per heavy atom. The molecule has 4 nitrogen and oxygen atoms in total. The van der Waals surface area contributed by atoms with Crippen LogP contribution in [0.2, 0.25) is 0 Å². The van der Waals surface area contributed by atoms with Gasteiger partial charge in [0.15, 0.2) is 5.75 Å². The largest absolute Gasteiger partial charge is 0.504 e. The van der Waals surface area contributed by atoms with E-state index in [9.17, 15) is 19.1 Å². The summed E-state index contributed by atoms with van der Waals surface area (Å²) in [7, 11) is 0. The minimum absolute atomic E-state index is 0.0287. The highest BCUT2D eigenvalue weighted by Gasteiger charge is 2.08. The predicted molar refractivity (Wildman–Crippen MR) is 60.2 cm³/mol. The summed E-state index contributed by atoms with van der Waals surface area (Å²) in [6.07, 6.45) is 0. The molecule has 1 aromatic heterocycles. The Balaban J connectivity index is 3.19. The molecule has 0 spiro atoms. The lowest BCUT2D eigenvalue weighted by molar-refractivity contribution is 0.471. The van der Waals surface area contributed by atoms with Crippen LogP contribution in [0.15, 0.2) is 32.3 Å². The third kappa shape index (κ3) is 1.71. The first-order valence-corrected chi connectivity index (χ1v) is 5.03. The molecule has 0 fully saturated rings. The van der Waals surface area contributed by atoms with Crippen LogP contribution in [0.25, 0.3) is 10.9 Å². The van der Waals surface area contributed by atoms with Gasteiger partial charge in [0.2, 0.25) is 5.43 Å². The first-order chi connectivity index (χ1) is 7.49. The molecule has 0 unspecified atom stereocenters. The Morgan fingerprint density at radius 1 is 1.25 bits per heavy atom. The van der Waals surface area contributed by atoms with Gasteiger partial charge in [-0.1, -0.05) is 0 Å². The number of H-pyrrole nitrogens is 1. The molecule has 0 saturated heterocycles. The Hall–Kier alpha value is -1.69. The standard InChI is InChI=1S/C10H5BrFNO3/c11-5-1-4(12)2-6-9(5)10(16)7(14)3-8(15)13-6/h1-3H,(H,13,15)(H,14,16). The first kappa shape index (κ1) is 10.8. The van der Waals surface area contributed by atoms with Crippen molar-refractivity contribution in [3.05, 3.63) is 49.1 Å². The lowest BCUT2D eigenvalue weighted by Gasteiger charge is -1.96. The van der Waals surface area contributed by atoms with Gasteiger partial charge in [0.05, 0.1) is 10.9 Å². The lowest BCUT2D eigenvalue weighted by atomic mass is 10.2. The van der Waals surface area contributed by atoms with Crippen molar-refractivity contribution in [2.75, 3.05) is 0 Å². The van der Waals surface area contributed by atoms with Crippen molar-refractivity contribution in [1.29, 1.82) is 0 Å². The molecule has 2 rings (SSSR count). The maximum Gasteiger partial charge on any atom is 0.252 e. The fourth-order valence-corrected chi connectivity index (χ4v) is 2.00. The van der Waals surface area contributed by atoms with E-state index in [1.54, 1.807) is 0 Å². The van der Waals surface area contributed by atoms with E-state index in [0.29, 0.717) is 0 Å². The molecule has 0 amide bonds. The number of aromatic hydroxyl groups is 1. The highest BCUT2D eigenvalue weighted by Crippen LogP contribution is 2.21. The number of nitrogens with one attached hydrogen (secondary N) is 1. The molecule has 2 N–H and O–H groups in total. The summed E-state index contributed by atoms with van der Waals surface area (Å²) in [4.78, 5) is 25.1. The number of aromatic nitrogens is 1. The van der Waals surface area contributed by atoms with E-state index in [-0.39, 0.29) is 15.4 Å². The Labute approximate surface area is 96.5 Å². The van der Waals surface area contributed by atoms with Crippen LogP contribution >= 0.6 is 15.9 Å². The van der Waals surface area contributed by atoms with Crippen LogP contribution in [-0.4, -0.2) is 10.1 Å². The van der Waals surface area contributed by atoms with E-state index in [1.807, 2.05) is 0 Å². The van der Waals surface area contributed by atoms with E-state index in [4.69, 9.17) is 0 Å². The molecule has 0 aliphatic heterocycles. The van der Waals surface area contributed by atoms with Crippen LogP contribution in [0, 0.1) is 5.82 Å². The maximum absolute atomic E-state index is 13.1. The van der Waals surface area contributed by atoms with Crippen LogP contribution in [0.3, 0.4) is 0 Å². The highest BCUT2D eigenvalue weighted by molar-refractivity contribution is 9.10. The van der Waals surface area contributed by atoms with Crippen molar-refractivity contribution < 1.29 is 9.50 Å². The zero-order valence-corrected chi connectivity index (χ0v) is 9.34. The summed E-state index contributed by atoms with van der Waals surface area (Å²) < 4.78 is 13.2. The number of hydrogen-bond donors (Lipinski definition) is 2. The molecular formula is C10H5BrFNO3. The van der Waals surface area contributed by atoms with Crippen molar-refractivity contribution >= 4 is 26.8 Å². The van der Waals surface area contributed by atoms with Crippen LogP contribution < -0.4 is 11.0 Å². The van der Waals surface area contributed by atoms with Gasteiger partial charge < -0.3 is 10.1 Å². The van der Waals surface area contributed by atoms with Crippen LogP contribution in [0.4, 0.5) is 4.39 Å². The van der Waals surface area contributed by atoms with Crippen LogP contribution in [0.1, 0.15) is 0 Å². The highest BCUT2D eigenvalue weighted by atomic mass is 79.9. The Morgan fingerprint density at radius 3 is 2.62 bits per heavy atom. The molecule has 0 bridgehead atoms. The smallest absolute Gasteiger partial charge is 0.252 e. The molecule has 82 valence electrons. The van der Waals surface area contributed by atoms with Gasteiger partial charge in [0.25, 0.3) is 5.56 Å². The minimum atomic E-state index is -0.736. The second-order valence-corrected chi connectivity index (χ2v) is 4.01. The third-order valence-electron chi connectivity index (χ3n) is 2.04. The summed E-state index contributed by atoms with van der Waals surface area (Å²) in [6.45, 7) is 0. The van der Waals surface area contributed by atoms with Gasteiger partial charge in [0.1, 0.15) is 5.82 Å². The second kappa shape index (κ2) is 3.71. The molecule has 0 radical (unpaired) electrons. The first-order valence-electron chi connectivity index (χ1n) is 4.24. The van der Waals surface area contributed by atoms with E-state index in [2.05, 4.69) is 20.9 Å². The van der Waals surface area contributed by atoms with Crippen molar-refractivity contribution in [3.63, 3.8) is 0 Å². The van der Waals surface area contributed by atoms with Gasteiger partial charge in [-0.05, 0) is 28.1 Å². The summed E-state index contributed by atoms with van der Waals surface area (Å²) in [5.74, 6) is -1.27. The maximum atomic E-state index is 13.1. The number of rotatable bonds is 0. The zero-order valence-electron chi connectivity index (χ0n) is 7.75. The van der Waals surface area contributed by atoms with E-state index in [0.717, 1.165) is 18.2 Å². The van der Waals surface area contributed by atoms with E-state index in [1.165, 1.54) is 0 Å². The SMILES string of the molecule is O=c1cc(O)c(=O)c2c(Br)cc(F)cc2[nH]1. The second-order valence-electron chi connectivity index (χ2n) is 3.16. The average molecular weight is 286 g/mol. The topological polar surface area (TPSA) is 70.2 Å². The molecule has 6 heteroatoms. The molecule has 0 saturated carbocycles. The van der Waals surface area contributed by atoms with Gasteiger partial charge in [-0.15, -0.1) is 0 Å². The van der Waals surface area contributed by atoms with Crippen molar-refractivity contribution in [2.24, 2.45) is 0 Å². The summed E-state index contributed by atoms with van der Waals surface area (Å²) in [5, 5.41) is 9.33. The van der Waals surface area contributed by atoms with Crippen molar-refractivity contribution in [2.45, 2.75) is 0 Å². The Bertz CT molecular complexity index is 696. The molecular weight excluding hydrogens is 281 g/mol. The van der Waals surface area contributed by atoms with E-state index >= 15 is 0 Å². The van der Waals surface area contributed by atoms with E-state index < -0.39 is 22.6 Å². The van der Waals surface area contributed by atoms with Crippen LogP contribution in [-0.2, 0) is 0 Å². The number of benzene rings is 1. The zero-order chi connectivity index (χ0) is 11.9. The predicted octanol–water partition coefficient (Wildman–Crippen LogP) is 1.50. The Kier molecular flexibility index (Phi) is 2.51. The average Bonchev–Trinajstić information content (AvgIpc) is 2.24. The minimum Gasteiger partial charge on any atom is -0.504 e. The molecule has 0 aliphatic rings. The van der Waals surface area contributed by atoms with Crippen molar-refractivity contribution in [3.8, 4) is 5.75 Å². The van der Waals surface area contributed by atoms with Gasteiger partial charge in [0, 0.05) is 10.5 Å². The number of fused-ring (bicyclic) bond motifs is 1. The monoisotopic (exact) mass is 285 g/mol. The third-order valence-corrected chi connectivity index (χ3v) is 2.67. The lowest BCUT2D eigenvalue weighted by Crippen LogP contribution is -1.98.